The molecule has 1 atom stereocenters. The Balaban J connectivity index is 1.48. The number of benzene rings is 4. The van der Waals surface area contributed by atoms with Gasteiger partial charge in [-0.25, -0.2) is 4.98 Å². The highest BCUT2D eigenvalue weighted by atomic mass is 35.5. The molecule has 7 nitrogen and oxygen atoms in total. The van der Waals surface area contributed by atoms with Gasteiger partial charge in [-0.05, 0) is 48.4 Å². The van der Waals surface area contributed by atoms with E-state index < -0.39 is 17.7 Å². The van der Waals surface area contributed by atoms with Gasteiger partial charge in [0.1, 0.15) is 12.4 Å². The zero-order chi connectivity index (χ0) is 29.2. The van der Waals surface area contributed by atoms with E-state index in [1.54, 1.807) is 60.7 Å². The maximum Gasteiger partial charge on any atom is 0.301 e. The Morgan fingerprint density at radius 3 is 2.40 bits per heavy atom. The van der Waals surface area contributed by atoms with Crippen molar-refractivity contribution in [2.45, 2.75) is 19.6 Å². The number of aliphatic hydroxyl groups excluding tert-OH is 1. The van der Waals surface area contributed by atoms with Gasteiger partial charge in [-0.1, -0.05) is 89.7 Å². The maximum atomic E-state index is 13.6. The predicted octanol–water partition coefficient (Wildman–Crippen LogP) is 7.55. The van der Waals surface area contributed by atoms with Crippen LogP contribution < -0.4 is 14.4 Å². The van der Waals surface area contributed by atoms with Crippen LogP contribution in [0.4, 0.5) is 5.13 Å². The Morgan fingerprint density at radius 1 is 0.929 bits per heavy atom. The predicted molar refractivity (Wildman–Crippen MR) is 164 cm³/mol. The van der Waals surface area contributed by atoms with Crippen LogP contribution in [0, 0.1) is 0 Å². The molecule has 1 saturated heterocycles. The molecule has 1 unspecified atom stereocenters. The van der Waals surface area contributed by atoms with E-state index >= 15 is 0 Å². The van der Waals surface area contributed by atoms with E-state index in [9.17, 15) is 14.7 Å². The first-order chi connectivity index (χ1) is 20.4. The summed E-state index contributed by atoms with van der Waals surface area (Å²) in [7, 11) is 0. The van der Waals surface area contributed by atoms with E-state index in [0.29, 0.717) is 51.5 Å². The Morgan fingerprint density at radius 2 is 1.67 bits per heavy atom. The van der Waals surface area contributed by atoms with Gasteiger partial charge in [-0.3, -0.25) is 14.5 Å². The summed E-state index contributed by atoms with van der Waals surface area (Å²) < 4.78 is 12.8. The minimum atomic E-state index is -0.969. The number of hydrogen-bond acceptors (Lipinski definition) is 7. The highest BCUT2D eigenvalue weighted by Gasteiger charge is 2.48. The van der Waals surface area contributed by atoms with Gasteiger partial charge in [0.2, 0.25) is 0 Å². The van der Waals surface area contributed by atoms with Gasteiger partial charge in [-0.2, -0.15) is 0 Å². The van der Waals surface area contributed by atoms with Crippen molar-refractivity contribution in [1.29, 1.82) is 0 Å². The van der Waals surface area contributed by atoms with Crippen LogP contribution in [0.5, 0.6) is 11.5 Å². The molecule has 0 bridgehead atoms. The number of Topliss-reactive ketones (excluding diaryl/α,β-unsaturated/α-hetero) is 1. The number of carbonyl (C=O) groups is 2. The third kappa shape index (κ3) is 5.22. The molecule has 2 heterocycles. The second-order valence-electron chi connectivity index (χ2n) is 9.56. The average Bonchev–Trinajstić information content (AvgIpc) is 3.54. The maximum absolute atomic E-state index is 13.6. The smallest absolute Gasteiger partial charge is 0.301 e. The van der Waals surface area contributed by atoms with Gasteiger partial charge in [0, 0.05) is 10.6 Å². The average molecular weight is 597 g/mol. The lowest BCUT2D eigenvalue weighted by Crippen LogP contribution is -2.29. The molecule has 0 saturated carbocycles. The lowest BCUT2D eigenvalue weighted by Gasteiger charge is -2.24. The molecule has 1 aromatic heterocycles. The second kappa shape index (κ2) is 11.7. The lowest BCUT2D eigenvalue weighted by molar-refractivity contribution is -0.132. The number of aromatic nitrogens is 1. The molecule has 0 radical (unpaired) electrons. The summed E-state index contributed by atoms with van der Waals surface area (Å²) in [6.45, 7) is 2.57. The van der Waals surface area contributed by atoms with Crippen LogP contribution in [0.1, 0.15) is 29.7 Å². The Kier molecular flexibility index (Phi) is 7.65. The monoisotopic (exact) mass is 596 g/mol. The van der Waals surface area contributed by atoms with Crippen LogP contribution in [0.15, 0.2) is 103 Å². The fraction of sp³-hybridized carbons (Fsp3) is 0.121. The third-order valence-electron chi connectivity index (χ3n) is 6.86. The van der Waals surface area contributed by atoms with Gasteiger partial charge < -0.3 is 14.6 Å². The fourth-order valence-electron chi connectivity index (χ4n) is 4.90. The van der Waals surface area contributed by atoms with Crippen LogP contribution in [-0.4, -0.2) is 28.4 Å². The van der Waals surface area contributed by atoms with Crippen LogP contribution in [0.3, 0.4) is 0 Å². The normalized spacial score (nSPS) is 16.2. The molecule has 4 aromatic carbocycles. The van der Waals surface area contributed by atoms with E-state index in [1.807, 2.05) is 43.3 Å². The summed E-state index contributed by atoms with van der Waals surface area (Å²) in [4.78, 5) is 33.2. The number of halogens is 1. The molecular weight excluding hydrogens is 572 g/mol. The molecule has 5 aromatic rings. The van der Waals surface area contributed by atoms with Gasteiger partial charge in [-0.15, -0.1) is 0 Å². The largest absolute Gasteiger partial charge is 0.507 e. The molecule has 1 amide bonds. The Bertz CT molecular complexity index is 1820. The van der Waals surface area contributed by atoms with Gasteiger partial charge in [0.25, 0.3) is 5.78 Å². The van der Waals surface area contributed by atoms with Crippen LogP contribution in [0.25, 0.3) is 16.0 Å². The van der Waals surface area contributed by atoms with Crippen molar-refractivity contribution in [3.63, 3.8) is 0 Å². The first kappa shape index (κ1) is 27.5. The van der Waals surface area contributed by atoms with Crippen LogP contribution >= 0.6 is 22.9 Å². The quantitative estimate of drug-likeness (QED) is 0.113. The highest BCUT2D eigenvalue weighted by molar-refractivity contribution is 7.22. The fourth-order valence-corrected chi connectivity index (χ4v) is 6.17. The van der Waals surface area contributed by atoms with Crippen molar-refractivity contribution in [2.24, 2.45) is 0 Å². The lowest BCUT2D eigenvalue weighted by atomic mass is 9.95. The summed E-state index contributed by atoms with van der Waals surface area (Å²) in [6, 6.07) is 28.0. The highest BCUT2D eigenvalue weighted by Crippen LogP contribution is 2.46. The molecule has 1 N–H and O–H groups in total. The number of ether oxygens (including phenoxy) is 2. The zero-order valence-corrected chi connectivity index (χ0v) is 24.1. The first-order valence-corrected chi connectivity index (χ1v) is 14.5. The Labute approximate surface area is 251 Å². The number of anilines is 1. The number of hydrogen-bond donors (Lipinski definition) is 1. The van der Waals surface area contributed by atoms with E-state index in [2.05, 4.69) is 4.98 Å². The molecule has 0 spiro atoms. The minimum absolute atomic E-state index is 0.0381. The van der Waals surface area contributed by atoms with Gasteiger partial charge in [0.15, 0.2) is 16.6 Å². The van der Waals surface area contributed by atoms with Gasteiger partial charge >= 0.3 is 5.91 Å². The van der Waals surface area contributed by atoms with Gasteiger partial charge in [0.05, 0.1) is 28.4 Å². The van der Waals surface area contributed by atoms with E-state index in [-0.39, 0.29) is 11.3 Å². The molecule has 1 aliphatic rings. The third-order valence-corrected chi connectivity index (χ3v) is 8.11. The number of aliphatic hydroxyl groups is 1. The summed E-state index contributed by atoms with van der Waals surface area (Å²) in [5.41, 5.74) is 2.58. The molecule has 210 valence electrons. The summed E-state index contributed by atoms with van der Waals surface area (Å²) >= 11 is 7.44. The molecule has 9 heteroatoms. The number of amides is 1. The van der Waals surface area contributed by atoms with E-state index in [0.717, 1.165) is 10.3 Å². The first-order valence-electron chi connectivity index (χ1n) is 13.3. The zero-order valence-electron chi connectivity index (χ0n) is 22.5. The summed E-state index contributed by atoms with van der Waals surface area (Å²) in [5.74, 6) is -0.898. The molecule has 6 rings (SSSR count). The van der Waals surface area contributed by atoms with E-state index in [4.69, 9.17) is 21.1 Å². The van der Waals surface area contributed by atoms with Crippen LogP contribution in [0.2, 0.25) is 5.02 Å². The molecule has 42 heavy (non-hydrogen) atoms. The summed E-state index contributed by atoms with van der Waals surface area (Å²) in [5, 5.41) is 12.3. The van der Waals surface area contributed by atoms with Crippen molar-refractivity contribution >= 4 is 55.7 Å². The number of rotatable bonds is 8. The number of fused-ring (bicyclic) bond motifs is 1. The number of thiazole rings is 1. The molecule has 0 aliphatic carbocycles. The minimum Gasteiger partial charge on any atom is -0.507 e. The standard InChI is InChI=1S/C33H25ClN2O5S/c1-2-40-26-17-22(13-16-25(26)41-19-20-9-5-3-6-10-20)29-28(30(37)21-11-7-4-8-12-21)31(38)32(39)36(29)33-35-24-15-14-23(34)18-27(24)42-33/h3-18,29,37H,2,19H2,1H3/b30-28+. The van der Waals surface area contributed by atoms with Crippen molar-refractivity contribution in [3.8, 4) is 11.5 Å². The number of ketones is 1. The topological polar surface area (TPSA) is 89.0 Å². The number of carbonyl (C=O) groups excluding carboxylic acids is 2. The van der Waals surface area contributed by atoms with Crippen molar-refractivity contribution in [3.05, 3.63) is 124 Å². The Hall–Kier alpha value is -4.66. The molecular formula is C33H25ClN2O5S. The van der Waals surface area contributed by atoms with E-state index in [1.165, 1.54) is 16.2 Å². The van der Waals surface area contributed by atoms with Crippen molar-refractivity contribution in [1.82, 2.24) is 4.98 Å². The summed E-state index contributed by atoms with van der Waals surface area (Å²) in [6.07, 6.45) is 0. The SMILES string of the molecule is CCOc1cc(C2/C(=C(\O)c3ccccc3)C(=O)C(=O)N2c2nc3ccc(Cl)cc3s2)ccc1OCc1ccccc1. The molecule has 1 aliphatic heterocycles. The van der Waals surface area contributed by atoms with Crippen molar-refractivity contribution < 1.29 is 24.2 Å². The molecule has 1 fully saturated rings. The number of nitrogens with zero attached hydrogens (tertiary/aromatic N) is 2. The van der Waals surface area contributed by atoms with Crippen molar-refractivity contribution in [2.75, 3.05) is 11.5 Å². The second-order valence-corrected chi connectivity index (χ2v) is 11.0. The van der Waals surface area contributed by atoms with Crippen LogP contribution in [-0.2, 0) is 16.2 Å².